The van der Waals surface area contributed by atoms with E-state index in [1.807, 2.05) is 31.2 Å². The van der Waals surface area contributed by atoms with E-state index < -0.39 is 0 Å². The van der Waals surface area contributed by atoms with Gasteiger partial charge in [0.2, 0.25) is 5.82 Å². The molecule has 3 aromatic rings. The number of hydrogen-bond acceptors (Lipinski definition) is 6. The number of benzene rings is 1. The lowest BCUT2D eigenvalue weighted by molar-refractivity contribution is 0.413. The van der Waals surface area contributed by atoms with Crippen molar-refractivity contribution in [1.82, 2.24) is 20.1 Å². The lowest BCUT2D eigenvalue weighted by Crippen LogP contribution is -1.90. The zero-order chi connectivity index (χ0) is 13.9. The minimum atomic E-state index is 0.393. The normalized spacial score (nSPS) is 10.5. The fraction of sp³-hybridized carbons (Fsp3) is 0.143. The molecular weight excluding hydrogens is 256 g/mol. The van der Waals surface area contributed by atoms with Gasteiger partial charge in [-0.3, -0.25) is 0 Å². The molecule has 0 unspecified atom stereocenters. The molecule has 1 aromatic carbocycles. The maximum Gasteiger partial charge on any atom is 0.261 e. The summed E-state index contributed by atoms with van der Waals surface area (Å²) in [7, 11) is 1.61. The highest BCUT2D eigenvalue weighted by molar-refractivity contribution is 5.66. The number of nitrogens with zero attached hydrogens (tertiary/aromatic N) is 4. The predicted molar refractivity (Wildman–Crippen MR) is 72.0 cm³/mol. The number of para-hydroxylation sites is 1. The Morgan fingerprint density at radius 1 is 1.15 bits per heavy atom. The second kappa shape index (κ2) is 5.08. The van der Waals surface area contributed by atoms with Crippen molar-refractivity contribution in [3.63, 3.8) is 0 Å². The fourth-order valence-corrected chi connectivity index (χ4v) is 1.87. The van der Waals surface area contributed by atoms with Crippen molar-refractivity contribution < 1.29 is 9.26 Å². The summed E-state index contributed by atoms with van der Waals surface area (Å²) in [6.45, 7) is 1.87. The van der Waals surface area contributed by atoms with Crippen LogP contribution in [0, 0.1) is 6.92 Å². The molecule has 0 aliphatic rings. The highest BCUT2D eigenvalue weighted by Gasteiger charge is 2.15. The SMILES string of the molecule is COc1ccccc1-c1noc(-c2cncnc2C)n1. The van der Waals surface area contributed by atoms with Crippen LogP contribution in [-0.2, 0) is 0 Å². The number of hydrogen-bond donors (Lipinski definition) is 0. The maximum atomic E-state index is 5.29. The largest absolute Gasteiger partial charge is 0.496 e. The Morgan fingerprint density at radius 2 is 2.00 bits per heavy atom. The molecule has 0 spiro atoms. The number of aryl methyl sites for hydroxylation is 1. The van der Waals surface area contributed by atoms with E-state index in [0.717, 1.165) is 16.8 Å². The van der Waals surface area contributed by atoms with Gasteiger partial charge in [-0.05, 0) is 19.1 Å². The van der Waals surface area contributed by atoms with Crippen molar-refractivity contribution in [3.8, 4) is 28.6 Å². The van der Waals surface area contributed by atoms with Crippen molar-refractivity contribution in [3.05, 3.63) is 42.5 Å². The van der Waals surface area contributed by atoms with Crippen molar-refractivity contribution >= 4 is 0 Å². The van der Waals surface area contributed by atoms with E-state index in [2.05, 4.69) is 20.1 Å². The second-order valence-electron chi connectivity index (χ2n) is 4.15. The Balaban J connectivity index is 2.05. The molecule has 0 N–H and O–H groups in total. The standard InChI is InChI=1S/C14H12N4O2/c1-9-11(7-15-8-16-9)14-17-13(18-20-14)10-5-3-4-6-12(10)19-2/h3-8H,1-2H3. The topological polar surface area (TPSA) is 73.9 Å². The van der Waals surface area contributed by atoms with E-state index in [0.29, 0.717) is 17.5 Å². The summed E-state index contributed by atoms with van der Waals surface area (Å²) in [5, 5.41) is 3.99. The Labute approximate surface area is 115 Å². The Hall–Kier alpha value is -2.76. The van der Waals surface area contributed by atoms with E-state index in [1.165, 1.54) is 6.33 Å². The lowest BCUT2D eigenvalue weighted by atomic mass is 10.2. The van der Waals surface area contributed by atoms with Crippen LogP contribution in [0.1, 0.15) is 5.69 Å². The van der Waals surface area contributed by atoms with Gasteiger partial charge in [-0.2, -0.15) is 4.98 Å². The van der Waals surface area contributed by atoms with Crippen LogP contribution >= 0.6 is 0 Å². The van der Waals surface area contributed by atoms with Gasteiger partial charge < -0.3 is 9.26 Å². The summed E-state index contributed by atoms with van der Waals surface area (Å²) in [4.78, 5) is 12.5. The van der Waals surface area contributed by atoms with Crippen LogP contribution in [0.3, 0.4) is 0 Å². The molecule has 2 aromatic heterocycles. The fourth-order valence-electron chi connectivity index (χ4n) is 1.87. The van der Waals surface area contributed by atoms with Crippen LogP contribution in [-0.4, -0.2) is 27.2 Å². The van der Waals surface area contributed by atoms with Crippen LogP contribution < -0.4 is 4.74 Å². The summed E-state index contributed by atoms with van der Waals surface area (Å²) >= 11 is 0. The summed E-state index contributed by atoms with van der Waals surface area (Å²) in [5.74, 6) is 1.56. The van der Waals surface area contributed by atoms with E-state index in [1.54, 1.807) is 13.3 Å². The second-order valence-corrected chi connectivity index (χ2v) is 4.15. The van der Waals surface area contributed by atoms with Crippen molar-refractivity contribution in [2.45, 2.75) is 6.92 Å². The molecule has 0 fully saturated rings. The average Bonchev–Trinajstić information content (AvgIpc) is 2.97. The quantitative estimate of drug-likeness (QED) is 0.726. The Kier molecular flexibility index (Phi) is 3.12. The Bertz CT molecular complexity index is 739. The monoisotopic (exact) mass is 268 g/mol. The molecule has 6 nitrogen and oxygen atoms in total. The molecule has 0 amide bonds. The minimum absolute atomic E-state index is 0.393. The van der Waals surface area contributed by atoms with Gasteiger partial charge in [0.15, 0.2) is 0 Å². The molecule has 20 heavy (non-hydrogen) atoms. The van der Waals surface area contributed by atoms with Crippen molar-refractivity contribution in [2.24, 2.45) is 0 Å². The van der Waals surface area contributed by atoms with Gasteiger partial charge in [0.05, 0.1) is 23.9 Å². The number of aromatic nitrogens is 4. The molecule has 0 saturated carbocycles. The molecule has 0 aliphatic carbocycles. The Morgan fingerprint density at radius 3 is 2.80 bits per heavy atom. The molecule has 0 saturated heterocycles. The molecule has 3 rings (SSSR count). The van der Waals surface area contributed by atoms with Crippen LogP contribution in [0.5, 0.6) is 5.75 Å². The third-order valence-corrected chi connectivity index (χ3v) is 2.92. The van der Waals surface area contributed by atoms with Crippen LogP contribution in [0.25, 0.3) is 22.8 Å². The molecule has 100 valence electrons. The number of rotatable bonds is 3. The van der Waals surface area contributed by atoms with Gasteiger partial charge in [0.25, 0.3) is 5.89 Å². The average molecular weight is 268 g/mol. The van der Waals surface area contributed by atoms with Gasteiger partial charge in [0, 0.05) is 6.20 Å². The molecule has 0 aliphatic heterocycles. The summed E-state index contributed by atoms with van der Waals surface area (Å²) < 4.78 is 10.6. The first-order valence-electron chi connectivity index (χ1n) is 6.03. The predicted octanol–water partition coefficient (Wildman–Crippen LogP) is 2.51. The maximum absolute atomic E-state index is 5.29. The van der Waals surface area contributed by atoms with Gasteiger partial charge >= 0.3 is 0 Å². The molecule has 0 atom stereocenters. The van der Waals surface area contributed by atoms with Crippen LogP contribution in [0.15, 0.2) is 41.3 Å². The van der Waals surface area contributed by atoms with Crippen molar-refractivity contribution in [2.75, 3.05) is 7.11 Å². The molecular formula is C14H12N4O2. The van der Waals surface area contributed by atoms with E-state index in [9.17, 15) is 0 Å². The molecule has 0 radical (unpaired) electrons. The summed E-state index contributed by atoms with van der Waals surface area (Å²) in [6.07, 6.45) is 3.14. The summed E-state index contributed by atoms with van der Waals surface area (Å²) in [5.41, 5.74) is 2.29. The first-order chi connectivity index (χ1) is 9.79. The molecule has 6 heteroatoms. The third-order valence-electron chi connectivity index (χ3n) is 2.92. The zero-order valence-electron chi connectivity index (χ0n) is 11.1. The van der Waals surface area contributed by atoms with Crippen LogP contribution in [0.4, 0.5) is 0 Å². The highest BCUT2D eigenvalue weighted by atomic mass is 16.5. The number of methoxy groups -OCH3 is 1. The first kappa shape index (κ1) is 12.3. The smallest absolute Gasteiger partial charge is 0.261 e. The summed E-state index contributed by atoms with van der Waals surface area (Å²) in [6, 6.07) is 7.51. The first-order valence-corrected chi connectivity index (χ1v) is 6.03. The number of ether oxygens (including phenoxy) is 1. The van der Waals surface area contributed by atoms with E-state index in [-0.39, 0.29) is 0 Å². The van der Waals surface area contributed by atoms with Gasteiger partial charge in [-0.1, -0.05) is 17.3 Å². The zero-order valence-corrected chi connectivity index (χ0v) is 11.1. The highest BCUT2D eigenvalue weighted by Crippen LogP contribution is 2.29. The molecule has 2 heterocycles. The van der Waals surface area contributed by atoms with Crippen molar-refractivity contribution in [1.29, 1.82) is 0 Å². The van der Waals surface area contributed by atoms with Crippen LogP contribution in [0.2, 0.25) is 0 Å². The van der Waals surface area contributed by atoms with E-state index >= 15 is 0 Å². The minimum Gasteiger partial charge on any atom is -0.496 e. The molecule has 0 bridgehead atoms. The van der Waals surface area contributed by atoms with Gasteiger partial charge in [-0.25, -0.2) is 9.97 Å². The van der Waals surface area contributed by atoms with E-state index in [4.69, 9.17) is 9.26 Å². The third kappa shape index (κ3) is 2.11. The van der Waals surface area contributed by atoms with Gasteiger partial charge in [-0.15, -0.1) is 0 Å². The van der Waals surface area contributed by atoms with Gasteiger partial charge in [0.1, 0.15) is 12.1 Å². The lowest BCUT2D eigenvalue weighted by Gasteiger charge is -2.03.